The minimum Gasteiger partial charge on any atom is -0.388 e. The molecule has 36 heavy (non-hydrogen) atoms. The van der Waals surface area contributed by atoms with Gasteiger partial charge in [-0.05, 0) is 42.0 Å². The summed E-state index contributed by atoms with van der Waals surface area (Å²) in [6, 6.07) is 33.4. The number of hydrogen-bond donors (Lipinski definition) is 1. The Morgan fingerprint density at radius 2 is 1.36 bits per heavy atom. The van der Waals surface area contributed by atoms with E-state index >= 15 is 0 Å². The summed E-state index contributed by atoms with van der Waals surface area (Å²) in [6.45, 7) is 0. The maximum Gasteiger partial charge on any atom is 0.121 e. The highest BCUT2D eigenvalue weighted by atomic mass is 35.5. The number of imidazole rings is 1. The van der Waals surface area contributed by atoms with Crippen LogP contribution in [0.4, 0.5) is 0 Å². The summed E-state index contributed by atoms with van der Waals surface area (Å²) in [5.41, 5.74) is 4.55. The van der Waals surface area contributed by atoms with E-state index in [-0.39, 0.29) is 0 Å². The lowest BCUT2D eigenvalue weighted by Gasteiger charge is -2.37. The Bertz CT molecular complexity index is 1290. The molecule has 3 aromatic carbocycles. The zero-order chi connectivity index (χ0) is 24.8. The van der Waals surface area contributed by atoms with Crippen LogP contribution in [0.15, 0.2) is 122 Å². The first-order valence-electron chi connectivity index (χ1n) is 12.2. The number of aliphatic hydroxyl groups is 1. The topological polar surface area (TPSA) is 50.9 Å². The van der Waals surface area contributed by atoms with Crippen molar-refractivity contribution in [2.75, 3.05) is 0 Å². The Morgan fingerprint density at radius 1 is 0.806 bits per heavy atom. The van der Waals surface area contributed by atoms with Crippen LogP contribution in [0.25, 0.3) is 0 Å². The van der Waals surface area contributed by atoms with Gasteiger partial charge in [0.05, 0.1) is 18.1 Å². The Morgan fingerprint density at radius 3 is 1.89 bits per heavy atom. The van der Waals surface area contributed by atoms with Crippen molar-refractivity contribution in [2.45, 2.75) is 30.9 Å². The molecule has 2 heterocycles. The number of aromatic nitrogens is 3. The van der Waals surface area contributed by atoms with Gasteiger partial charge in [-0.25, -0.2) is 4.98 Å². The number of aliphatic hydroxyl groups excluding tert-OH is 1. The van der Waals surface area contributed by atoms with Crippen LogP contribution < -0.4 is 0 Å². The molecule has 0 fully saturated rings. The molecule has 0 aliphatic heterocycles. The van der Waals surface area contributed by atoms with Gasteiger partial charge in [-0.2, -0.15) is 0 Å². The number of hydrogen-bond acceptors (Lipinski definition) is 3. The monoisotopic (exact) mass is 493 g/mol. The SMILES string of the molecule is OC(CCCc1cn(C(c2ccccc2)(c2ccccc2)c2ccccc2)cn1)c1cnccc1Cl. The van der Waals surface area contributed by atoms with Gasteiger partial charge in [0.15, 0.2) is 0 Å². The van der Waals surface area contributed by atoms with Crippen molar-refractivity contribution in [2.24, 2.45) is 0 Å². The van der Waals surface area contributed by atoms with Crippen molar-refractivity contribution in [3.8, 4) is 0 Å². The Hall–Kier alpha value is -3.73. The zero-order valence-electron chi connectivity index (χ0n) is 19.9. The summed E-state index contributed by atoms with van der Waals surface area (Å²) in [4.78, 5) is 8.88. The van der Waals surface area contributed by atoms with Gasteiger partial charge < -0.3 is 9.67 Å². The van der Waals surface area contributed by atoms with Gasteiger partial charge in [0.2, 0.25) is 0 Å². The molecule has 0 radical (unpaired) electrons. The Balaban J connectivity index is 1.49. The zero-order valence-corrected chi connectivity index (χ0v) is 20.7. The fraction of sp³-hybridized carbons (Fsp3) is 0.161. The molecule has 0 aliphatic rings. The lowest BCUT2D eigenvalue weighted by atomic mass is 9.77. The van der Waals surface area contributed by atoms with Gasteiger partial charge in [-0.3, -0.25) is 4.98 Å². The summed E-state index contributed by atoms with van der Waals surface area (Å²) in [7, 11) is 0. The number of halogens is 1. The van der Waals surface area contributed by atoms with Gasteiger partial charge in [0.1, 0.15) is 5.54 Å². The van der Waals surface area contributed by atoms with E-state index in [1.54, 1.807) is 18.5 Å². The molecule has 1 unspecified atom stereocenters. The Kier molecular flexibility index (Phi) is 7.26. The largest absolute Gasteiger partial charge is 0.388 e. The normalized spacial score (nSPS) is 12.4. The molecule has 5 rings (SSSR count). The average molecular weight is 494 g/mol. The van der Waals surface area contributed by atoms with Crippen LogP contribution in [-0.4, -0.2) is 19.6 Å². The molecule has 1 N–H and O–H groups in total. The third kappa shape index (κ3) is 4.70. The molecule has 5 aromatic rings. The van der Waals surface area contributed by atoms with E-state index < -0.39 is 11.6 Å². The fourth-order valence-corrected chi connectivity index (χ4v) is 5.16. The third-order valence-electron chi connectivity index (χ3n) is 6.66. The number of rotatable bonds is 9. The number of nitrogens with zero attached hydrogens (tertiary/aromatic N) is 3. The summed E-state index contributed by atoms with van der Waals surface area (Å²) in [5, 5.41) is 11.2. The predicted molar refractivity (Wildman–Crippen MR) is 144 cm³/mol. The first kappa shape index (κ1) is 24.0. The van der Waals surface area contributed by atoms with Crippen molar-refractivity contribution < 1.29 is 5.11 Å². The molecule has 0 aliphatic carbocycles. The van der Waals surface area contributed by atoms with Crippen molar-refractivity contribution in [1.82, 2.24) is 14.5 Å². The highest BCUT2D eigenvalue weighted by Crippen LogP contribution is 2.40. The van der Waals surface area contributed by atoms with Gasteiger partial charge in [0, 0.05) is 29.2 Å². The van der Waals surface area contributed by atoms with Gasteiger partial charge in [0.25, 0.3) is 0 Å². The van der Waals surface area contributed by atoms with Gasteiger partial charge in [-0.1, -0.05) is 103 Å². The van der Waals surface area contributed by atoms with E-state index in [0.29, 0.717) is 17.0 Å². The molecule has 2 aromatic heterocycles. The molecule has 0 saturated heterocycles. The van der Waals surface area contributed by atoms with E-state index in [9.17, 15) is 5.11 Å². The standard InChI is InChI=1S/C31H28ClN3O/c32-29-19-20-33-21-28(29)30(36)18-10-17-27-22-35(23-34-27)31(24-11-4-1-5-12-24,25-13-6-2-7-14-25)26-15-8-3-9-16-26/h1-9,11-16,19-23,30,36H,10,17-18H2. The molecule has 1 atom stereocenters. The first-order chi connectivity index (χ1) is 17.7. The van der Waals surface area contributed by atoms with E-state index in [0.717, 1.165) is 35.2 Å². The highest BCUT2D eigenvalue weighted by Gasteiger charge is 2.38. The molecular formula is C31H28ClN3O. The minimum atomic E-state index is -0.648. The molecule has 0 amide bonds. The second-order valence-corrected chi connectivity index (χ2v) is 9.29. The quantitative estimate of drug-likeness (QED) is 0.229. The summed E-state index contributed by atoms with van der Waals surface area (Å²) >= 11 is 6.23. The van der Waals surface area contributed by atoms with Crippen molar-refractivity contribution >= 4 is 11.6 Å². The van der Waals surface area contributed by atoms with Crippen molar-refractivity contribution in [3.63, 3.8) is 0 Å². The van der Waals surface area contributed by atoms with Gasteiger partial charge in [-0.15, -0.1) is 0 Å². The van der Waals surface area contributed by atoms with Crippen LogP contribution in [0, 0.1) is 0 Å². The first-order valence-corrected chi connectivity index (χ1v) is 12.5. The second-order valence-electron chi connectivity index (χ2n) is 8.89. The number of pyridine rings is 1. The predicted octanol–water partition coefficient (Wildman–Crippen LogP) is 6.83. The molecule has 0 spiro atoms. The van der Waals surface area contributed by atoms with E-state index in [1.165, 1.54) is 0 Å². The maximum atomic E-state index is 10.6. The van der Waals surface area contributed by atoms with Crippen LogP contribution in [-0.2, 0) is 12.0 Å². The Labute approximate surface area is 216 Å². The third-order valence-corrected chi connectivity index (χ3v) is 7.01. The molecule has 4 nitrogen and oxygen atoms in total. The lowest BCUT2D eigenvalue weighted by molar-refractivity contribution is 0.164. The molecule has 0 bridgehead atoms. The van der Waals surface area contributed by atoms with Gasteiger partial charge >= 0.3 is 0 Å². The number of aryl methyl sites for hydroxylation is 1. The lowest BCUT2D eigenvalue weighted by Crippen LogP contribution is -2.36. The van der Waals surface area contributed by atoms with Crippen LogP contribution in [0.5, 0.6) is 0 Å². The van der Waals surface area contributed by atoms with E-state index in [2.05, 4.69) is 88.5 Å². The second kappa shape index (κ2) is 10.9. The maximum absolute atomic E-state index is 10.6. The summed E-state index contributed by atoms with van der Waals surface area (Å²) < 4.78 is 2.22. The van der Waals surface area contributed by atoms with Crippen LogP contribution in [0.2, 0.25) is 5.02 Å². The van der Waals surface area contributed by atoms with Crippen molar-refractivity contribution in [3.05, 3.63) is 155 Å². The smallest absolute Gasteiger partial charge is 0.121 e. The van der Waals surface area contributed by atoms with E-state index in [1.807, 2.05) is 24.5 Å². The molecule has 180 valence electrons. The van der Waals surface area contributed by atoms with Crippen molar-refractivity contribution in [1.29, 1.82) is 0 Å². The fourth-order valence-electron chi connectivity index (χ4n) is 4.93. The summed E-state index contributed by atoms with van der Waals surface area (Å²) in [5.74, 6) is 0. The average Bonchev–Trinajstić information content (AvgIpc) is 3.40. The van der Waals surface area contributed by atoms with Crippen LogP contribution >= 0.6 is 11.6 Å². The number of benzene rings is 3. The molecular weight excluding hydrogens is 466 g/mol. The van der Waals surface area contributed by atoms with E-state index in [4.69, 9.17) is 16.6 Å². The molecule has 0 saturated carbocycles. The minimum absolute atomic E-state index is 0.542. The molecule has 5 heteroatoms. The summed E-state index contributed by atoms with van der Waals surface area (Å²) in [6.07, 6.45) is 8.78. The highest BCUT2D eigenvalue weighted by molar-refractivity contribution is 6.31. The van der Waals surface area contributed by atoms with Crippen LogP contribution in [0.3, 0.4) is 0 Å². The van der Waals surface area contributed by atoms with Crippen LogP contribution in [0.1, 0.15) is 46.9 Å².